The van der Waals surface area contributed by atoms with E-state index in [1.54, 1.807) is 17.0 Å². The van der Waals surface area contributed by atoms with Gasteiger partial charge >= 0.3 is 5.69 Å². The van der Waals surface area contributed by atoms with Crippen molar-refractivity contribution in [1.29, 1.82) is 0 Å². The molecule has 0 bridgehead atoms. The topological polar surface area (TPSA) is 56.9 Å². The Morgan fingerprint density at radius 2 is 2.06 bits per heavy atom. The number of fused-ring (bicyclic) bond motifs is 1. The summed E-state index contributed by atoms with van der Waals surface area (Å²) in [7, 11) is 0. The zero-order valence-corrected chi connectivity index (χ0v) is 10.1. The molecule has 0 saturated heterocycles. The summed E-state index contributed by atoms with van der Waals surface area (Å²) in [5, 5.41) is 0. The molecular weight excluding hydrogens is 226 g/mol. The second-order valence-corrected chi connectivity index (χ2v) is 4.34. The highest BCUT2D eigenvalue weighted by atomic mass is 32.1. The van der Waals surface area contributed by atoms with Crippen LogP contribution in [0.1, 0.15) is 20.3 Å². The molecule has 2 aromatic rings. The van der Waals surface area contributed by atoms with Gasteiger partial charge in [0.2, 0.25) is 0 Å². The van der Waals surface area contributed by atoms with Crippen LogP contribution in [0.5, 0.6) is 0 Å². The van der Waals surface area contributed by atoms with Gasteiger partial charge < -0.3 is 0 Å². The summed E-state index contributed by atoms with van der Waals surface area (Å²) in [5.74, 6) is 0. The Balaban J connectivity index is 2.92. The fourth-order valence-electron chi connectivity index (χ4n) is 1.73. The lowest BCUT2D eigenvalue weighted by atomic mass is 10.4. The van der Waals surface area contributed by atoms with Crippen LogP contribution in [0.4, 0.5) is 0 Å². The van der Waals surface area contributed by atoms with E-state index in [-0.39, 0.29) is 11.2 Å². The van der Waals surface area contributed by atoms with Gasteiger partial charge in [0, 0.05) is 13.1 Å². The SMILES string of the molecule is CCCn1c(=O)n(CC)c(=O)c2scnc21. The van der Waals surface area contributed by atoms with Crippen molar-refractivity contribution in [3.63, 3.8) is 0 Å². The Hall–Kier alpha value is -1.43. The molecule has 0 atom stereocenters. The molecule has 5 nitrogen and oxygen atoms in total. The van der Waals surface area contributed by atoms with E-state index in [1.165, 1.54) is 15.9 Å². The van der Waals surface area contributed by atoms with E-state index in [2.05, 4.69) is 4.98 Å². The fraction of sp³-hybridized carbons (Fsp3) is 0.500. The molecule has 0 saturated carbocycles. The third kappa shape index (κ3) is 1.49. The van der Waals surface area contributed by atoms with Crippen molar-refractivity contribution >= 4 is 21.7 Å². The summed E-state index contributed by atoms with van der Waals surface area (Å²) in [6.45, 7) is 4.78. The summed E-state index contributed by atoms with van der Waals surface area (Å²) in [6.07, 6.45) is 0.842. The Labute approximate surface area is 96.0 Å². The van der Waals surface area contributed by atoms with Gasteiger partial charge in [-0.3, -0.25) is 13.9 Å². The van der Waals surface area contributed by atoms with Crippen LogP contribution >= 0.6 is 11.3 Å². The first-order chi connectivity index (χ1) is 7.70. The van der Waals surface area contributed by atoms with Crippen LogP contribution in [-0.2, 0) is 13.1 Å². The monoisotopic (exact) mass is 239 g/mol. The molecular formula is C10H13N3O2S. The molecule has 2 aromatic heterocycles. The van der Waals surface area contributed by atoms with Crippen molar-refractivity contribution in [1.82, 2.24) is 14.1 Å². The van der Waals surface area contributed by atoms with Crippen LogP contribution in [0.2, 0.25) is 0 Å². The van der Waals surface area contributed by atoms with Crippen LogP contribution < -0.4 is 11.2 Å². The van der Waals surface area contributed by atoms with Crippen LogP contribution in [0.3, 0.4) is 0 Å². The number of thiazole rings is 1. The van der Waals surface area contributed by atoms with Crippen LogP contribution in [0.15, 0.2) is 15.1 Å². The zero-order valence-electron chi connectivity index (χ0n) is 9.27. The minimum Gasteiger partial charge on any atom is -0.277 e. The molecule has 0 spiro atoms. The predicted octanol–water partition coefficient (Wildman–Crippen LogP) is 1.05. The average Bonchev–Trinajstić information content (AvgIpc) is 2.74. The second kappa shape index (κ2) is 4.21. The van der Waals surface area contributed by atoms with Crippen molar-refractivity contribution in [2.24, 2.45) is 0 Å². The third-order valence-electron chi connectivity index (χ3n) is 2.47. The van der Waals surface area contributed by atoms with Gasteiger partial charge in [-0.15, -0.1) is 11.3 Å². The number of hydrogen-bond donors (Lipinski definition) is 0. The lowest BCUT2D eigenvalue weighted by Gasteiger charge is -2.08. The number of hydrogen-bond acceptors (Lipinski definition) is 4. The van der Waals surface area contributed by atoms with E-state index in [9.17, 15) is 9.59 Å². The summed E-state index contributed by atoms with van der Waals surface area (Å²) in [5.41, 5.74) is 1.65. The maximum absolute atomic E-state index is 12.0. The molecule has 0 fully saturated rings. The van der Waals surface area contributed by atoms with Crippen molar-refractivity contribution < 1.29 is 0 Å². The van der Waals surface area contributed by atoms with Crippen molar-refractivity contribution in [2.75, 3.05) is 0 Å². The van der Waals surface area contributed by atoms with Crippen molar-refractivity contribution in [3.8, 4) is 0 Å². The first-order valence-corrected chi connectivity index (χ1v) is 6.15. The van der Waals surface area contributed by atoms with Gasteiger partial charge in [-0.2, -0.15) is 0 Å². The molecule has 6 heteroatoms. The van der Waals surface area contributed by atoms with Gasteiger partial charge in [0.15, 0.2) is 5.65 Å². The maximum atomic E-state index is 12.0. The largest absolute Gasteiger partial charge is 0.332 e. The van der Waals surface area contributed by atoms with E-state index in [0.29, 0.717) is 23.4 Å². The number of aromatic nitrogens is 3. The summed E-state index contributed by atoms with van der Waals surface area (Å²) in [4.78, 5) is 28.0. The highest BCUT2D eigenvalue weighted by Crippen LogP contribution is 2.11. The van der Waals surface area contributed by atoms with E-state index in [1.807, 2.05) is 6.92 Å². The van der Waals surface area contributed by atoms with E-state index in [4.69, 9.17) is 0 Å². The Morgan fingerprint density at radius 3 is 2.69 bits per heavy atom. The van der Waals surface area contributed by atoms with Gasteiger partial charge in [-0.25, -0.2) is 9.78 Å². The standard InChI is InChI=1S/C10H13N3O2S/c1-3-5-13-8-7(16-6-11-8)9(14)12(4-2)10(13)15/h6H,3-5H2,1-2H3. The molecule has 2 rings (SSSR count). The number of rotatable bonds is 3. The Bertz CT molecular complexity index is 623. The Morgan fingerprint density at radius 1 is 1.31 bits per heavy atom. The first-order valence-electron chi connectivity index (χ1n) is 5.27. The van der Waals surface area contributed by atoms with Crippen molar-refractivity contribution in [2.45, 2.75) is 33.4 Å². The van der Waals surface area contributed by atoms with E-state index >= 15 is 0 Å². The van der Waals surface area contributed by atoms with Gasteiger partial charge in [0.05, 0.1) is 5.51 Å². The molecule has 16 heavy (non-hydrogen) atoms. The normalized spacial score (nSPS) is 11.1. The van der Waals surface area contributed by atoms with Gasteiger partial charge in [0.25, 0.3) is 5.56 Å². The molecule has 0 N–H and O–H groups in total. The summed E-state index contributed by atoms with van der Waals surface area (Å²) in [6, 6.07) is 0. The molecule has 0 aliphatic carbocycles. The third-order valence-corrected chi connectivity index (χ3v) is 3.27. The minimum atomic E-state index is -0.257. The molecule has 0 radical (unpaired) electrons. The van der Waals surface area contributed by atoms with Gasteiger partial charge in [-0.1, -0.05) is 6.92 Å². The van der Waals surface area contributed by atoms with Crippen LogP contribution in [0, 0.1) is 0 Å². The van der Waals surface area contributed by atoms with Crippen molar-refractivity contribution in [3.05, 3.63) is 26.3 Å². The molecule has 86 valence electrons. The predicted molar refractivity (Wildman–Crippen MR) is 64.1 cm³/mol. The van der Waals surface area contributed by atoms with Crippen LogP contribution in [-0.4, -0.2) is 14.1 Å². The molecule has 0 aromatic carbocycles. The van der Waals surface area contributed by atoms with Gasteiger partial charge in [0.1, 0.15) is 4.70 Å². The highest BCUT2D eigenvalue weighted by Gasteiger charge is 2.13. The van der Waals surface area contributed by atoms with Crippen LogP contribution in [0.25, 0.3) is 10.3 Å². The average molecular weight is 239 g/mol. The minimum absolute atomic E-state index is 0.225. The molecule has 0 aliphatic rings. The molecule has 0 aliphatic heterocycles. The Kier molecular flexibility index (Phi) is 2.91. The highest BCUT2D eigenvalue weighted by molar-refractivity contribution is 7.16. The molecule has 2 heterocycles. The second-order valence-electron chi connectivity index (χ2n) is 3.49. The molecule has 0 unspecified atom stereocenters. The smallest absolute Gasteiger partial charge is 0.277 e. The number of aryl methyl sites for hydroxylation is 1. The maximum Gasteiger partial charge on any atom is 0.332 e. The fourth-order valence-corrected chi connectivity index (χ4v) is 2.47. The van der Waals surface area contributed by atoms with E-state index in [0.717, 1.165) is 6.42 Å². The lowest BCUT2D eigenvalue weighted by molar-refractivity contribution is 0.581. The van der Waals surface area contributed by atoms with E-state index < -0.39 is 0 Å². The van der Waals surface area contributed by atoms with Gasteiger partial charge in [-0.05, 0) is 13.3 Å². The lowest BCUT2D eigenvalue weighted by Crippen LogP contribution is -2.39. The summed E-state index contributed by atoms with van der Waals surface area (Å²) < 4.78 is 3.40. The molecule has 0 amide bonds. The zero-order chi connectivity index (χ0) is 11.7. The summed E-state index contributed by atoms with van der Waals surface area (Å²) >= 11 is 1.29. The first kappa shape index (κ1) is 11.1. The number of nitrogens with zero attached hydrogens (tertiary/aromatic N) is 3. The quantitative estimate of drug-likeness (QED) is 0.804.